The van der Waals surface area contributed by atoms with E-state index in [0.29, 0.717) is 47.9 Å². The molecule has 8 heteroatoms. The zero-order chi connectivity index (χ0) is 26.4. The Hall–Kier alpha value is -4.46. The summed E-state index contributed by atoms with van der Waals surface area (Å²) in [4.78, 5) is 44.5. The molecule has 0 radical (unpaired) electrons. The number of pyridine rings is 1. The molecule has 0 bridgehead atoms. The van der Waals surface area contributed by atoms with E-state index in [4.69, 9.17) is 9.47 Å². The molecule has 1 amide bonds. The number of hydrogen-bond acceptors (Lipinski definition) is 7. The standard InChI is InChI=1S/C29H28N2O6/c1-3-16-36-22-9-7-8-20(18-22)26(32)24-25(23-10-5-6-15-30-23)31(28(34)27(24)33)21-13-11-19(12-14-21)29(35)37-17-4-2/h5-15,18,25,32H,3-4,16-17H2,1-2H3/b26-24+. The summed E-state index contributed by atoms with van der Waals surface area (Å²) in [7, 11) is 0. The van der Waals surface area contributed by atoms with E-state index in [9.17, 15) is 19.5 Å². The van der Waals surface area contributed by atoms with E-state index in [2.05, 4.69) is 4.98 Å². The summed E-state index contributed by atoms with van der Waals surface area (Å²) in [6.45, 7) is 4.70. The number of rotatable bonds is 9. The highest BCUT2D eigenvalue weighted by atomic mass is 16.5. The maximum Gasteiger partial charge on any atom is 0.338 e. The van der Waals surface area contributed by atoms with Crippen LogP contribution >= 0.6 is 0 Å². The van der Waals surface area contributed by atoms with Crippen LogP contribution in [0.2, 0.25) is 0 Å². The molecule has 4 rings (SSSR count). The highest BCUT2D eigenvalue weighted by molar-refractivity contribution is 6.51. The zero-order valence-corrected chi connectivity index (χ0v) is 20.7. The molecule has 190 valence electrons. The third kappa shape index (κ3) is 5.38. The van der Waals surface area contributed by atoms with Crippen molar-refractivity contribution in [3.63, 3.8) is 0 Å². The molecule has 1 atom stereocenters. The summed E-state index contributed by atoms with van der Waals surface area (Å²) >= 11 is 0. The Bertz CT molecular complexity index is 1320. The van der Waals surface area contributed by atoms with Gasteiger partial charge in [-0.15, -0.1) is 0 Å². The van der Waals surface area contributed by atoms with Crippen LogP contribution in [0.5, 0.6) is 5.75 Å². The fraction of sp³-hybridized carbons (Fsp3) is 0.241. The first-order chi connectivity index (χ1) is 18.0. The Balaban J connectivity index is 1.78. The number of esters is 1. The second kappa shape index (κ2) is 11.5. The molecule has 8 nitrogen and oxygen atoms in total. The number of ketones is 1. The Kier molecular flexibility index (Phi) is 7.98. The zero-order valence-electron chi connectivity index (χ0n) is 20.7. The van der Waals surface area contributed by atoms with Gasteiger partial charge in [-0.1, -0.05) is 32.0 Å². The number of aromatic nitrogens is 1. The molecule has 1 saturated heterocycles. The molecule has 2 heterocycles. The molecule has 1 unspecified atom stereocenters. The van der Waals surface area contributed by atoms with Gasteiger partial charge in [-0.25, -0.2) is 4.79 Å². The monoisotopic (exact) mass is 500 g/mol. The fourth-order valence-corrected chi connectivity index (χ4v) is 4.06. The first-order valence-electron chi connectivity index (χ1n) is 12.2. The van der Waals surface area contributed by atoms with Crippen LogP contribution in [-0.4, -0.2) is 41.0 Å². The van der Waals surface area contributed by atoms with E-state index in [0.717, 1.165) is 6.42 Å². The molecule has 37 heavy (non-hydrogen) atoms. The van der Waals surface area contributed by atoms with Gasteiger partial charge < -0.3 is 14.6 Å². The Labute approximate surface area is 215 Å². The smallest absolute Gasteiger partial charge is 0.338 e. The van der Waals surface area contributed by atoms with Crippen LogP contribution in [0.15, 0.2) is 78.5 Å². The summed E-state index contributed by atoms with van der Waals surface area (Å²) in [5.41, 5.74) is 1.38. The number of ether oxygens (including phenoxy) is 2. The highest BCUT2D eigenvalue weighted by Crippen LogP contribution is 2.41. The predicted molar refractivity (Wildman–Crippen MR) is 138 cm³/mol. The molecular weight excluding hydrogens is 472 g/mol. The minimum Gasteiger partial charge on any atom is -0.507 e. The molecule has 2 aromatic carbocycles. The minimum atomic E-state index is -0.973. The topological polar surface area (TPSA) is 106 Å². The molecule has 1 aliphatic heterocycles. The first-order valence-corrected chi connectivity index (χ1v) is 12.2. The molecule has 0 aliphatic carbocycles. The number of benzene rings is 2. The first kappa shape index (κ1) is 25.6. The van der Waals surface area contributed by atoms with E-state index in [-0.39, 0.29) is 11.3 Å². The molecule has 0 spiro atoms. The molecule has 0 saturated carbocycles. The molecule has 1 aliphatic rings. The van der Waals surface area contributed by atoms with Gasteiger partial charge in [-0.3, -0.25) is 19.5 Å². The molecule has 1 aromatic heterocycles. The normalized spacial score (nSPS) is 16.6. The molecule has 1 N–H and O–H groups in total. The van der Waals surface area contributed by atoms with Crippen molar-refractivity contribution < 1.29 is 29.0 Å². The van der Waals surface area contributed by atoms with Crippen molar-refractivity contribution in [1.29, 1.82) is 0 Å². The van der Waals surface area contributed by atoms with Crippen LogP contribution < -0.4 is 9.64 Å². The number of aliphatic hydroxyl groups is 1. The predicted octanol–water partition coefficient (Wildman–Crippen LogP) is 5.06. The minimum absolute atomic E-state index is 0.0808. The number of carbonyl (C=O) groups is 3. The summed E-state index contributed by atoms with van der Waals surface area (Å²) in [6.07, 6.45) is 3.07. The van der Waals surface area contributed by atoms with Crippen LogP contribution in [0.1, 0.15) is 54.3 Å². The van der Waals surface area contributed by atoms with E-state index in [1.54, 1.807) is 60.8 Å². The van der Waals surface area contributed by atoms with Gasteiger partial charge in [0.1, 0.15) is 17.6 Å². The lowest BCUT2D eigenvalue weighted by Crippen LogP contribution is -2.29. The van der Waals surface area contributed by atoms with Crippen molar-refractivity contribution in [2.45, 2.75) is 32.7 Å². The lowest BCUT2D eigenvalue weighted by Gasteiger charge is -2.24. The Morgan fingerprint density at radius 3 is 2.38 bits per heavy atom. The van der Waals surface area contributed by atoms with Crippen LogP contribution in [-0.2, 0) is 14.3 Å². The summed E-state index contributed by atoms with van der Waals surface area (Å²) in [5, 5.41) is 11.3. The van der Waals surface area contributed by atoms with Crippen molar-refractivity contribution in [2.75, 3.05) is 18.1 Å². The maximum absolute atomic E-state index is 13.3. The summed E-state index contributed by atoms with van der Waals surface area (Å²) in [5.74, 6) is -1.89. The molecule has 3 aromatic rings. The van der Waals surface area contributed by atoms with Crippen LogP contribution in [0.4, 0.5) is 5.69 Å². The lowest BCUT2D eigenvalue weighted by molar-refractivity contribution is -0.132. The van der Waals surface area contributed by atoms with Crippen molar-refractivity contribution >= 4 is 29.1 Å². The van der Waals surface area contributed by atoms with Gasteiger partial charge >= 0.3 is 5.97 Å². The van der Waals surface area contributed by atoms with Gasteiger partial charge in [0.2, 0.25) is 0 Å². The summed E-state index contributed by atoms with van der Waals surface area (Å²) < 4.78 is 10.8. The van der Waals surface area contributed by atoms with Crippen molar-refractivity contribution in [2.24, 2.45) is 0 Å². The van der Waals surface area contributed by atoms with E-state index in [1.807, 2.05) is 13.8 Å². The van der Waals surface area contributed by atoms with Crippen molar-refractivity contribution in [3.8, 4) is 5.75 Å². The van der Waals surface area contributed by atoms with Crippen LogP contribution in [0, 0.1) is 0 Å². The fourth-order valence-electron chi connectivity index (χ4n) is 4.06. The van der Waals surface area contributed by atoms with Gasteiger partial charge in [-0.2, -0.15) is 0 Å². The number of anilines is 1. The third-order valence-electron chi connectivity index (χ3n) is 5.81. The SMILES string of the molecule is CCCOC(=O)c1ccc(N2C(=O)C(=O)/C(=C(/O)c3cccc(OCCC)c3)C2c2ccccn2)cc1. The second-order valence-corrected chi connectivity index (χ2v) is 8.48. The van der Waals surface area contributed by atoms with Crippen LogP contribution in [0.3, 0.4) is 0 Å². The number of nitrogens with zero attached hydrogens (tertiary/aromatic N) is 2. The number of Topliss-reactive ketones (excluding diaryl/α,β-unsaturated/α-hetero) is 1. The Morgan fingerprint density at radius 1 is 0.946 bits per heavy atom. The van der Waals surface area contributed by atoms with Gasteiger partial charge in [0.15, 0.2) is 0 Å². The van der Waals surface area contributed by atoms with Gasteiger partial charge in [0.05, 0.1) is 30.0 Å². The average molecular weight is 501 g/mol. The maximum atomic E-state index is 13.3. The largest absolute Gasteiger partial charge is 0.507 e. The van der Waals surface area contributed by atoms with Crippen LogP contribution in [0.25, 0.3) is 5.76 Å². The van der Waals surface area contributed by atoms with Crippen molar-refractivity contribution in [1.82, 2.24) is 4.98 Å². The molecule has 1 fully saturated rings. The van der Waals surface area contributed by atoms with Gasteiger partial charge in [0, 0.05) is 17.4 Å². The number of amides is 1. The second-order valence-electron chi connectivity index (χ2n) is 8.48. The van der Waals surface area contributed by atoms with E-state index >= 15 is 0 Å². The van der Waals surface area contributed by atoms with E-state index in [1.165, 1.54) is 17.0 Å². The highest BCUT2D eigenvalue weighted by Gasteiger charge is 2.47. The Morgan fingerprint density at radius 2 is 1.70 bits per heavy atom. The number of carbonyl (C=O) groups excluding carboxylic acids is 3. The lowest BCUT2D eigenvalue weighted by atomic mass is 9.98. The average Bonchev–Trinajstić information content (AvgIpc) is 3.20. The molecular formula is C29H28N2O6. The van der Waals surface area contributed by atoms with Crippen molar-refractivity contribution in [3.05, 3.63) is 95.3 Å². The van der Waals surface area contributed by atoms with Gasteiger partial charge in [-0.05, 0) is 61.4 Å². The summed E-state index contributed by atoms with van der Waals surface area (Å²) in [6, 6.07) is 17.1. The van der Waals surface area contributed by atoms with E-state index < -0.39 is 23.7 Å². The van der Waals surface area contributed by atoms with Gasteiger partial charge in [0.25, 0.3) is 11.7 Å². The number of aliphatic hydroxyl groups excluding tert-OH is 1. The quantitative estimate of drug-likeness (QED) is 0.189. The third-order valence-corrected chi connectivity index (χ3v) is 5.81. The number of hydrogen-bond donors (Lipinski definition) is 1.